The molecular formula is C18H20FN5O2. The molecule has 1 aliphatic carbocycles. The molecule has 0 unspecified atom stereocenters. The number of aromatic nitrogens is 3. The molecule has 4 rings (SSSR count). The Balaban J connectivity index is 1.50. The summed E-state index contributed by atoms with van der Waals surface area (Å²) >= 11 is 0. The van der Waals surface area contributed by atoms with Crippen LogP contribution in [-0.2, 0) is 10.2 Å². The molecule has 7 nitrogen and oxygen atoms in total. The van der Waals surface area contributed by atoms with Crippen LogP contribution in [0.25, 0.3) is 0 Å². The van der Waals surface area contributed by atoms with Gasteiger partial charge < -0.3 is 10.6 Å². The molecule has 136 valence electrons. The number of nitrogens with two attached hydrogens (primary N) is 1. The Hall–Kier alpha value is -2.77. The summed E-state index contributed by atoms with van der Waals surface area (Å²) < 4.78 is 14.9. The van der Waals surface area contributed by atoms with Crippen LogP contribution in [0.4, 0.5) is 4.39 Å². The van der Waals surface area contributed by atoms with E-state index in [2.05, 4.69) is 10.3 Å². The Morgan fingerprint density at radius 3 is 2.38 bits per heavy atom. The van der Waals surface area contributed by atoms with E-state index in [-0.39, 0.29) is 23.5 Å². The van der Waals surface area contributed by atoms with Crippen LogP contribution in [0.5, 0.6) is 0 Å². The standard InChI is InChI=1S/C18H20FN5O2/c19-13-5-3-12(4-6-13)18(7-1-2-8-18)17(26)23-9-14(10-23)24-11-15(16(20)25)21-22-24/h3-6,11,14H,1-2,7-10H2,(H2,20,25). The van der Waals surface area contributed by atoms with E-state index in [0.29, 0.717) is 13.1 Å². The van der Waals surface area contributed by atoms with Gasteiger partial charge in [-0.05, 0) is 30.5 Å². The maximum atomic E-state index is 13.3. The van der Waals surface area contributed by atoms with Crippen LogP contribution in [0.1, 0.15) is 47.8 Å². The van der Waals surface area contributed by atoms with Crippen LogP contribution in [0, 0.1) is 5.82 Å². The predicted octanol–water partition coefficient (Wildman–Crippen LogP) is 1.41. The minimum atomic E-state index is -0.621. The van der Waals surface area contributed by atoms with Gasteiger partial charge in [0.05, 0.1) is 17.7 Å². The summed E-state index contributed by atoms with van der Waals surface area (Å²) in [5, 5.41) is 7.66. The number of hydrogen-bond acceptors (Lipinski definition) is 4. The van der Waals surface area contributed by atoms with Crippen LogP contribution in [0.2, 0.25) is 0 Å². The molecule has 1 saturated heterocycles. The Kier molecular flexibility index (Phi) is 3.97. The van der Waals surface area contributed by atoms with Crippen molar-refractivity contribution in [3.8, 4) is 0 Å². The van der Waals surface area contributed by atoms with Crippen LogP contribution in [-0.4, -0.2) is 44.8 Å². The Labute approximate surface area is 150 Å². The smallest absolute Gasteiger partial charge is 0.270 e. The van der Waals surface area contributed by atoms with Crippen molar-refractivity contribution in [1.29, 1.82) is 0 Å². The molecule has 8 heteroatoms. The average molecular weight is 357 g/mol. The lowest BCUT2D eigenvalue weighted by molar-refractivity contribution is -0.143. The first-order valence-corrected chi connectivity index (χ1v) is 8.77. The quantitative estimate of drug-likeness (QED) is 0.895. The minimum Gasteiger partial charge on any atom is -0.364 e. The van der Waals surface area contributed by atoms with E-state index >= 15 is 0 Å². The maximum Gasteiger partial charge on any atom is 0.270 e. The van der Waals surface area contributed by atoms with Crippen molar-refractivity contribution in [2.75, 3.05) is 13.1 Å². The topological polar surface area (TPSA) is 94.1 Å². The van der Waals surface area contributed by atoms with Crippen molar-refractivity contribution >= 4 is 11.8 Å². The van der Waals surface area contributed by atoms with Gasteiger partial charge in [-0.2, -0.15) is 0 Å². The molecule has 1 aromatic carbocycles. The van der Waals surface area contributed by atoms with E-state index in [1.807, 2.05) is 4.90 Å². The van der Waals surface area contributed by atoms with Gasteiger partial charge in [-0.3, -0.25) is 9.59 Å². The molecule has 2 aromatic rings. The first-order chi connectivity index (χ1) is 12.5. The van der Waals surface area contributed by atoms with Gasteiger partial charge in [0.15, 0.2) is 5.69 Å². The normalized spacial score (nSPS) is 19.3. The first-order valence-electron chi connectivity index (χ1n) is 8.77. The highest BCUT2D eigenvalue weighted by Gasteiger charge is 2.48. The van der Waals surface area contributed by atoms with Gasteiger partial charge in [0.2, 0.25) is 5.91 Å². The molecule has 1 aliphatic heterocycles. The van der Waals surface area contributed by atoms with E-state index in [1.54, 1.807) is 16.8 Å². The second-order valence-electron chi connectivity index (χ2n) is 7.11. The molecule has 0 atom stereocenters. The van der Waals surface area contributed by atoms with Gasteiger partial charge in [-0.25, -0.2) is 9.07 Å². The second kappa shape index (κ2) is 6.19. The van der Waals surface area contributed by atoms with E-state index in [1.165, 1.54) is 18.3 Å². The van der Waals surface area contributed by atoms with Crippen molar-refractivity contribution < 1.29 is 14.0 Å². The number of likely N-dealkylation sites (tertiary alicyclic amines) is 1. The number of carbonyl (C=O) groups is 2. The highest BCUT2D eigenvalue weighted by molar-refractivity contribution is 5.90. The Morgan fingerprint density at radius 2 is 1.81 bits per heavy atom. The first kappa shape index (κ1) is 16.7. The molecule has 1 aromatic heterocycles. The molecule has 2 heterocycles. The van der Waals surface area contributed by atoms with Crippen LogP contribution >= 0.6 is 0 Å². The summed E-state index contributed by atoms with van der Waals surface area (Å²) in [4.78, 5) is 26.2. The Bertz CT molecular complexity index is 836. The lowest BCUT2D eigenvalue weighted by Gasteiger charge is -2.44. The van der Waals surface area contributed by atoms with Gasteiger partial charge >= 0.3 is 0 Å². The molecule has 2 aliphatic rings. The fourth-order valence-corrected chi connectivity index (χ4v) is 4.03. The highest BCUT2D eigenvalue weighted by Crippen LogP contribution is 2.44. The van der Waals surface area contributed by atoms with Crippen molar-refractivity contribution in [3.63, 3.8) is 0 Å². The lowest BCUT2D eigenvalue weighted by atomic mass is 9.76. The fraction of sp³-hybridized carbons (Fsp3) is 0.444. The number of primary amides is 1. The summed E-state index contributed by atoms with van der Waals surface area (Å²) in [5.74, 6) is -0.826. The number of halogens is 1. The van der Waals surface area contributed by atoms with Gasteiger partial charge in [-0.1, -0.05) is 30.2 Å². The summed E-state index contributed by atoms with van der Waals surface area (Å²) in [6, 6.07) is 6.29. The zero-order valence-electron chi connectivity index (χ0n) is 14.3. The summed E-state index contributed by atoms with van der Waals surface area (Å²) in [6.07, 6.45) is 5.07. The molecular weight excluding hydrogens is 337 g/mol. The van der Waals surface area contributed by atoms with E-state index in [0.717, 1.165) is 31.2 Å². The van der Waals surface area contributed by atoms with Crippen LogP contribution in [0.15, 0.2) is 30.5 Å². The predicted molar refractivity (Wildman–Crippen MR) is 90.7 cm³/mol. The maximum absolute atomic E-state index is 13.3. The SMILES string of the molecule is NC(=O)c1cn(C2CN(C(=O)C3(c4ccc(F)cc4)CCCC3)C2)nn1. The summed E-state index contributed by atoms with van der Waals surface area (Å²) in [6.45, 7) is 1.03. The number of hydrogen-bond donors (Lipinski definition) is 1. The van der Waals surface area contributed by atoms with E-state index in [9.17, 15) is 14.0 Å². The summed E-state index contributed by atoms with van der Waals surface area (Å²) in [5.41, 5.74) is 5.64. The number of amides is 2. The van der Waals surface area contributed by atoms with E-state index < -0.39 is 11.3 Å². The molecule has 0 radical (unpaired) electrons. The third kappa shape index (κ3) is 2.65. The third-order valence-electron chi connectivity index (χ3n) is 5.55. The zero-order valence-corrected chi connectivity index (χ0v) is 14.3. The van der Waals surface area contributed by atoms with Gasteiger partial charge in [-0.15, -0.1) is 5.10 Å². The van der Waals surface area contributed by atoms with Gasteiger partial charge in [0, 0.05) is 13.1 Å². The van der Waals surface area contributed by atoms with Crippen molar-refractivity contribution in [3.05, 3.63) is 47.5 Å². The van der Waals surface area contributed by atoms with Crippen molar-refractivity contribution in [2.45, 2.75) is 37.1 Å². The van der Waals surface area contributed by atoms with Crippen molar-refractivity contribution in [1.82, 2.24) is 19.9 Å². The lowest BCUT2D eigenvalue weighted by Crippen LogP contribution is -2.56. The minimum absolute atomic E-state index is 0.00813. The van der Waals surface area contributed by atoms with Crippen molar-refractivity contribution in [2.24, 2.45) is 5.73 Å². The fourth-order valence-electron chi connectivity index (χ4n) is 4.03. The monoisotopic (exact) mass is 357 g/mol. The molecule has 26 heavy (non-hydrogen) atoms. The third-order valence-corrected chi connectivity index (χ3v) is 5.55. The average Bonchev–Trinajstić information content (AvgIpc) is 3.24. The van der Waals surface area contributed by atoms with Crippen LogP contribution < -0.4 is 5.73 Å². The van der Waals surface area contributed by atoms with Gasteiger partial charge in [0.25, 0.3) is 5.91 Å². The second-order valence-corrected chi connectivity index (χ2v) is 7.11. The Morgan fingerprint density at radius 1 is 1.15 bits per heavy atom. The van der Waals surface area contributed by atoms with Gasteiger partial charge in [0.1, 0.15) is 5.82 Å². The molecule has 2 amide bonds. The molecule has 2 N–H and O–H groups in total. The molecule has 2 fully saturated rings. The number of nitrogens with zero attached hydrogens (tertiary/aromatic N) is 4. The van der Waals surface area contributed by atoms with Crippen LogP contribution in [0.3, 0.4) is 0 Å². The summed E-state index contributed by atoms with van der Waals surface area (Å²) in [7, 11) is 0. The molecule has 1 saturated carbocycles. The number of rotatable bonds is 4. The molecule has 0 bridgehead atoms. The zero-order chi connectivity index (χ0) is 18.3. The number of benzene rings is 1. The molecule has 0 spiro atoms. The largest absolute Gasteiger partial charge is 0.364 e. The van der Waals surface area contributed by atoms with E-state index in [4.69, 9.17) is 5.73 Å². The number of carbonyl (C=O) groups excluding carboxylic acids is 2. The highest BCUT2D eigenvalue weighted by atomic mass is 19.1.